The molecule has 1 heterocycles. The lowest BCUT2D eigenvalue weighted by molar-refractivity contribution is -0.136. The summed E-state index contributed by atoms with van der Waals surface area (Å²) in [6.07, 6.45) is 0.768. The van der Waals surface area contributed by atoms with E-state index in [-0.39, 0.29) is 6.42 Å². The van der Waals surface area contributed by atoms with Gasteiger partial charge in [0.25, 0.3) is 0 Å². The van der Waals surface area contributed by atoms with Crippen molar-refractivity contribution in [1.82, 2.24) is 4.57 Å². The standard InChI is InChI=1S/C15H19NO2/c1-10(2)16-12(7-8-15(17)18)9-13-11(3)5-4-6-14(13)16/h4-6,9-10H,7-8H2,1-3H3,(H,17,18). The van der Waals surface area contributed by atoms with Crippen molar-refractivity contribution in [1.29, 1.82) is 0 Å². The second-order valence-corrected chi connectivity index (χ2v) is 5.00. The molecule has 0 aliphatic heterocycles. The summed E-state index contributed by atoms with van der Waals surface area (Å²) in [6, 6.07) is 8.72. The number of benzene rings is 1. The highest BCUT2D eigenvalue weighted by Crippen LogP contribution is 2.27. The van der Waals surface area contributed by atoms with Gasteiger partial charge in [0.05, 0.1) is 6.42 Å². The van der Waals surface area contributed by atoms with Gasteiger partial charge in [0, 0.05) is 22.6 Å². The molecule has 0 saturated carbocycles. The third-order valence-electron chi connectivity index (χ3n) is 3.29. The van der Waals surface area contributed by atoms with Gasteiger partial charge >= 0.3 is 5.97 Å². The Morgan fingerprint density at radius 1 is 1.39 bits per heavy atom. The molecule has 0 bridgehead atoms. The Hall–Kier alpha value is -1.77. The monoisotopic (exact) mass is 245 g/mol. The van der Waals surface area contributed by atoms with Crippen LogP contribution in [-0.2, 0) is 11.2 Å². The van der Waals surface area contributed by atoms with Crippen LogP contribution in [0.4, 0.5) is 0 Å². The van der Waals surface area contributed by atoms with Crippen molar-refractivity contribution in [2.24, 2.45) is 0 Å². The first kappa shape index (κ1) is 12.7. The molecule has 96 valence electrons. The SMILES string of the molecule is Cc1cccc2c1cc(CCC(=O)O)n2C(C)C. The number of nitrogens with zero attached hydrogens (tertiary/aromatic N) is 1. The van der Waals surface area contributed by atoms with Gasteiger partial charge < -0.3 is 9.67 Å². The molecule has 0 unspecified atom stereocenters. The molecular formula is C15H19NO2. The molecule has 0 spiro atoms. The van der Waals surface area contributed by atoms with Crippen LogP contribution in [0.3, 0.4) is 0 Å². The minimum absolute atomic E-state index is 0.183. The number of carboxylic acid groups (broad SMARTS) is 1. The summed E-state index contributed by atoms with van der Waals surface area (Å²) in [4.78, 5) is 10.7. The quantitative estimate of drug-likeness (QED) is 0.895. The van der Waals surface area contributed by atoms with Crippen LogP contribution in [0, 0.1) is 6.92 Å². The third kappa shape index (κ3) is 2.26. The molecule has 0 atom stereocenters. The van der Waals surface area contributed by atoms with E-state index in [1.165, 1.54) is 16.5 Å². The molecule has 0 radical (unpaired) electrons. The van der Waals surface area contributed by atoms with Crippen LogP contribution in [-0.4, -0.2) is 15.6 Å². The van der Waals surface area contributed by atoms with E-state index in [1.54, 1.807) is 0 Å². The maximum absolute atomic E-state index is 10.7. The highest BCUT2D eigenvalue weighted by molar-refractivity contribution is 5.85. The van der Waals surface area contributed by atoms with Crippen molar-refractivity contribution >= 4 is 16.9 Å². The van der Waals surface area contributed by atoms with Crippen molar-refractivity contribution in [3.63, 3.8) is 0 Å². The normalized spacial score (nSPS) is 11.3. The van der Waals surface area contributed by atoms with Gasteiger partial charge in [0.15, 0.2) is 0 Å². The Morgan fingerprint density at radius 2 is 2.11 bits per heavy atom. The Bertz CT molecular complexity index is 581. The zero-order chi connectivity index (χ0) is 13.3. The molecule has 1 aromatic heterocycles. The summed E-state index contributed by atoms with van der Waals surface area (Å²) >= 11 is 0. The highest BCUT2D eigenvalue weighted by Gasteiger charge is 2.13. The molecule has 1 N–H and O–H groups in total. The molecule has 0 aliphatic rings. The largest absolute Gasteiger partial charge is 0.481 e. The molecular weight excluding hydrogens is 226 g/mol. The number of hydrogen-bond donors (Lipinski definition) is 1. The van der Waals surface area contributed by atoms with Gasteiger partial charge in [-0.15, -0.1) is 0 Å². The fourth-order valence-corrected chi connectivity index (χ4v) is 2.49. The summed E-state index contributed by atoms with van der Waals surface area (Å²) in [5, 5.41) is 10.1. The van der Waals surface area contributed by atoms with Crippen LogP contribution in [0.2, 0.25) is 0 Å². The van der Waals surface area contributed by atoms with Gasteiger partial charge in [-0.3, -0.25) is 4.79 Å². The zero-order valence-corrected chi connectivity index (χ0v) is 11.1. The zero-order valence-electron chi connectivity index (χ0n) is 11.1. The van der Waals surface area contributed by atoms with E-state index >= 15 is 0 Å². The molecule has 2 aromatic rings. The van der Waals surface area contributed by atoms with Crippen LogP contribution in [0.5, 0.6) is 0 Å². The minimum Gasteiger partial charge on any atom is -0.481 e. The number of rotatable bonds is 4. The number of aryl methyl sites for hydroxylation is 2. The second kappa shape index (κ2) is 4.84. The van der Waals surface area contributed by atoms with Gasteiger partial charge in [-0.05, 0) is 44.9 Å². The van der Waals surface area contributed by atoms with E-state index in [0.29, 0.717) is 12.5 Å². The van der Waals surface area contributed by atoms with Crippen LogP contribution in [0.25, 0.3) is 10.9 Å². The van der Waals surface area contributed by atoms with E-state index in [4.69, 9.17) is 5.11 Å². The van der Waals surface area contributed by atoms with Crippen LogP contribution >= 0.6 is 0 Å². The Labute approximate surface area is 107 Å². The second-order valence-electron chi connectivity index (χ2n) is 5.00. The molecule has 3 heteroatoms. The summed E-state index contributed by atoms with van der Waals surface area (Å²) in [6.45, 7) is 6.35. The van der Waals surface area contributed by atoms with Gasteiger partial charge in [-0.2, -0.15) is 0 Å². The Morgan fingerprint density at radius 3 is 2.72 bits per heavy atom. The molecule has 0 amide bonds. The lowest BCUT2D eigenvalue weighted by Gasteiger charge is -2.14. The Kier molecular flexibility index (Phi) is 3.41. The first-order chi connectivity index (χ1) is 8.50. The average Bonchev–Trinajstić information content (AvgIpc) is 2.66. The smallest absolute Gasteiger partial charge is 0.303 e. The van der Waals surface area contributed by atoms with Crippen molar-refractivity contribution in [2.75, 3.05) is 0 Å². The lowest BCUT2D eigenvalue weighted by atomic mass is 10.1. The number of hydrogen-bond acceptors (Lipinski definition) is 1. The third-order valence-corrected chi connectivity index (χ3v) is 3.29. The number of carbonyl (C=O) groups is 1. The molecule has 0 fully saturated rings. The van der Waals surface area contributed by atoms with Gasteiger partial charge in [-0.25, -0.2) is 0 Å². The summed E-state index contributed by atoms with van der Waals surface area (Å²) in [5.74, 6) is -0.743. The number of aromatic nitrogens is 1. The fourth-order valence-electron chi connectivity index (χ4n) is 2.49. The van der Waals surface area contributed by atoms with Crippen LogP contribution in [0.1, 0.15) is 37.6 Å². The van der Waals surface area contributed by atoms with Crippen molar-refractivity contribution in [3.05, 3.63) is 35.5 Å². The van der Waals surface area contributed by atoms with E-state index < -0.39 is 5.97 Å². The average molecular weight is 245 g/mol. The van der Waals surface area contributed by atoms with Crippen LogP contribution in [0.15, 0.2) is 24.3 Å². The van der Waals surface area contributed by atoms with Crippen molar-refractivity contribution in [2.45, 2.75) is 39.7 Å². The topological polar surface area (TPSA) is 42.2 Å². The number of fused-ring (bicyclic) bond motifs is 1. The number of carboxylic acids is 1. The van der Waals surface area contributed by atoms with Gasteiger partial charge in [0.1, 0.15) is 0 Å². The minimum atomic E-state index is -0.743. The summed E-state index contributed by atoms with van der Waals surface area (Å²) in [5.41, 5.74) is 3.55. The molecule has 0 aliphatic carbocycles. The summed E-state index contributed by atoms with van der Waals surface area (Å²) in [7, 11) is 0. The van der Waals surface area contributed by atoms with Crippen molar-refractivity contribution < 1.29 is 9.90 Å². The van der Waals surface area contributed by atoms with E-state index in [0.717, 1.165) is 5.69 Å². The molecule has 0 saturated heterocycles. The van der Waals surface area contributed by atoms with Gasteiger partial charge in [0.2, 0.25) is 0 Å². The molecule has 2 rings (SSSR count). The van der Waals surface area contributed by atoms with E-state index in [9.17, 15) is 4.79 Å². The predicted molar refractivity (Wildman–Crippen MR) is 73.0 cm³/mol. The maximum atomic E-state index is 10.7. The highest BCUT2D eigenvalue weighted by atomic mass is 16.4. The molecule has 18 heavy (non-hydrogen) atoms. The predicted octanol–water partition coefficient (Wildman–Crippen LogP) is 3.55. The first-order valence-electron chi connectivity index (χ1n) is 6.32. The molecule has 3 nitrogen and oxygen atoms in total. The molecule has 1 aromatic carbocycles. The van der Waals surface area contributed by atoms with Crippen LogP contribution < -0.4 is 0 Å². The summed E-state index contributed by atoms with van der Waals surface area (Å²) < 4.78 is 2.24. The fraction of sp³-hybridized carbons (Fsp3) is 0.400. The Balaban J connectivity index is 2.54. The van der Waals surface area contributed by atoms with E-state index in [1.807, 2.05) is 0 Å². The van der Waals surface area contributed by atoms with Crippen molar-refractivity contribution in [3.8, 4) is 0 Å². The maximum Gasteiger partial charge on any atom is 0.303 e. The van der Waals surface area contributed by atoms with Gasteiger partial charge in [-0.1, -0.05) is 12.1 Å². The lowest BCUT2D eigenvalue weighted by Crippen LogP contribution is -2.07. The first-order valence-corrected chi connectivity index (χ1v) is 6.32. The van der Waals surface area contributed by atoms with E-state index in [2.05, 4.69) is 49.6 Å². The number of aliphatic carboxylic acids is 1.